The molecule has 0 aliphatic carbocycles. The fraction of sp³-hybridized carbons (Fsp3) is 0.205. The van der Waals surface area contributed by atoms with E-state index in [1.54, 1.807) is 17.6 Å². The second-order valence-electron chi connectivity index (χ2n) is 14.2. The molecule has 264 valence electrons. The molecule has 0 saturated heterocycles. The zero-order chi connectivity index (χ0) is 35.8. The van der Waals surface area contributed by atoms with Gasteiger partial charge < -0.3 is 29.2 Å². The van der Waals surface area contributed by atoms with E-state index in [1.807, 2.05) is 56.4 Å². The largest absolute Gasteiger partial charge is 0.469 e. The minimum atomic E-state index is -4.02. The Morgan fingerprint density at radius 3 is 2.70 bits per heavy atom. The predicted octanol–water partition coefficient (Wildman–Crippen LogP) is 6.71. The highest BCUT2D eigenvalue weighted by Crippen LogP contribution is 2.61. The standard InChI is InChI=1S/C39H30N6O6S2/c1-18(2)31-37-43-33-34(51-37)39-23-8-3-7-21(20-6-4-9-25-30(20)22(16-40-25)28-17-41-36(33)49-28)32(23)44-38(39)50-27-12-11-19(14-24(27)39)15-26(35(46)42-31)45-53(47,48)29-10-5-13-52-29/h3-14,16-18,26,31,38,40,44-45H,15H2,1-2H3,(H,42,46)/t26?,31-,38?,39?/m0/s1. The fourth-order valence-corrected chi connectivity index (χ4v) is 10.7. The number of para-hydroxylation sites is 1. The van der Waals surface area contributed by atoms with E-state index < -0.39 is 39.7 Å². The second kappa shape index (κ2) is 10.7. The van der Waals surface area contributed by atoms with Crippen molar-refractivity contribution in [1.29, 1.82) is 0 Å². The van der Waals surface area contributed by atoms with Crippen molar-refractivity contribution in [2.75, 3.05) is 5.32 Å². The van der Waals surface area contributed by atoms with Crippen LogP contribution in [-0.2, 0) is 26.7 Å². The smallest absolute Gasteiger partial charge is 0.250 e. The number of hydrogen-bond donors (Lipinski definition) is 4. The summed E-state index contributed by atoms with van der Waals surface area (Å²) in [7, 11) is -4.02. The normalized spacial score (nSPS) is 22.1. The number of amides is 1. The number of thiophene rings is 1. The van der Waals surface area contributed by atoms with Gasteiger partial charge in [-0.05, 0) is 47.0 Å². The number of aromatic amines is 1. The molecule has 1 spiro atoms. The number of carbonyl (C=O) groups excluding carboxylic acids is 1. The van der Waals surface area contributed by atoms with Crippen LogP contribution in [0.5, 0.6) is 5.75 Å². The SMILES string of the molecule is CC(C)[C@@H]1NC(=O)C(NS(=O)(=O)c2cccs2)Cc2ccc3c(c2)C24c5cccc(c5NC2O3)-c2cccc3[nH]cc(c23)-c2cnc(o2)-c2nc1oc24. The molecular weight excluding hydrogens is 713 g/mol. The number of hydrogen-bond acceptors (Lipinski definition) is 10. The van der Waals surface area contributed by atoms with Gasteiger partial charge in [-0.15, -0.1) is 11.3 Å². The third kappa shape index (κ3) is 4.19. The molecule has 0 radical (unpaired) electrons. The highest BCUT2D eigenvalue weighted by atomic mass is 32.2. The molecule has 4 aromatic heterocycles. The minimum Gasteiger partial charge on any atom is -0.469 e. The number of sulfonamides is 1. The number of benzene rings is 3. The summed E-state index contributed by atoms with van der Waals surface area (Å²) in [6.07, 6.45) is 3.05. The van der Waals surface area contributed by atoms with Gasteiger partial charge in [0.25, 0.3) is 10.0 Å². The molecule has 4 aliphatic heterocycles. The summed E-state index contributed by atoms with van der Waals surface area (Å²) in [5.74, 6) is 1.43. The van der Waals surface area contributed by atoms with Gasteiger partial charge in [-0.3, -0.25) is 4.79 Å². The lowest BCUT2D eigenvalue weighted by Crippen LogP contribution is -2.49. The molecule has 4 N–H and O–H groups in total. The Morgan fingerprint density at radius 2 is 1.85 bits per heavy atom. The van der Waals surface area contributed by atoms with E-state index in [0.717, 1.165) is 61.3 Å². The van der Waals surface area contributed by atoms with Gasteiger partial charge in [0.05, 0.1) is 6.20 Å². The van der Waals surface area contributed by atoms with Crippen molar-refractivity contribution in [3.63, 3.8) is 0 Å². The minimum absolute atomic E-state index is 0.0796. The lowest BCUT2D eigenvalue weighted by Gasteiger charge is -2.28. The van der Waals surface area contributed by atoms with Crippen LogP contribution < -0.4 is 20.1 Å². The van der Waals surface area contributed by atoms with Gasteiger partial charge in [-0.2, -0.15) is 4.72 Å². The number of ether oxygens (including phenoxy) is 1. The summed E-state index contributed by atoms with van der Waals surface area (Å²) in [6, 6.07) is 19.4. The van der Waals surface area contributed by atoms with E-state index in [-0.39, 0.29) is 28.3 Å². The number of nitrogens with one attached hydrogen (secondary N) is 4. The molecule has 0 saturated carbocycles. The third-order valence-corrected chi connectivity index (χ3v) is 13.8. The summed E-state index contributed by atoms with van der Waals surface area (Å²) in [6.45, 7) is 3.90. The van der Waals surface area contributed by atoms with E-state index in [9.17, 15) is 13.2 Å². The average Bonchev–Trinajstić information content (AvgIpc) is 3.99. The number of anilines is 1. The number of rotatable bonds is 4. The molecule has 53 heavy (non-hydrogen) atoms. The molecule has 3 aromatic carbocycles. The molecule has 1 amide bonds. The van der Waals surface area contributed by atoms with Gasteiger partial charge in [-0.1, -0.05) is 62.4 Å². The molecule has 4 atom stereocenters. The van der Waals surface area contributed by atoms with Crippen molar-refractivity contribution in [2.24, 2.45) is 5.92 Å². The molecular formula is C39H30N6O6S2. The Bertz CT molecular complexity index is 2780. The monoisotopic (exact) mass is 742 g/mol. The van der Waals surface area contributed by atoms with Gasteiger partial charge in [0.1, 0.15) is 27.5 Å². The maximum absolute atomic E-state index is 14.2. The Hall–Kier alpha value is -5.70. The summed E-state index contributed by atoms with van der Waals surface area (Å²) in [5.41, 5.74) is 6.41. The molecule has 4 aliphatic rings. The topological polar surface area (TPSA) is 164 Å². The second-order valence-corrected chi connectivity index (χ2v) is 17.1. The summed E-state index contributed by atoms with van der Waals surface area (Å²) < 4.78 is 50.3. The predicted molar refractivity (Wildman–Crippen MR) is 197 cm³/mol. The molecule has 3 unspecified atom stereocenters. The van der Waals surface area contributed by atoms with Crippen LogP contribution in [0.3, 0.4) is 0 Å². The van der Waals surface area contributed by atoms with Crippen molar-refractivity contribution >= 4 is 43.9 Å². The van der Waals surface area contributed by atoms with E-state index in [0.29, 0.717) is 23.0 Å². The summed E-state index contributed by atoms with van der Waals surface area (Å²) >= 11 is 1.09. The van der Waals surface area contributed by atoms with Crippen molar-refractivity contribution in [1.82, 2.24) is 25.0 Å². The van der Waals surface area contributed by atoms with Crippen LogP contribution >= 0.6 is 11.3 Å². The van der Waals surface area contributed by atoms with Crippen LogP contribution in [0, 0.1) is 5.92 Å². The van der Waals surface area contributed by atoms with Crippen molar-refractivity contribution in [2.45, 2.75) is 48.2 Å². The first kappa shape index (κ1) is 30.9. The van der Waals surface area contributed by atoms with Crippen LogP contribution in [-0.4, -0.2) is 41.5 Å². The maximum Gasteiger partial charge on any atom is 0.250 e. The highest BCUT2D eigenvalue weighted by Gasteiger charge is 2.61. The maximum atomic E-state index is 14.2. The zero-order valence-electron chi connectivity index (χ0n) is 28.3. The molecule has 11 rings (SSSR count). The zero-order valence-corrected chi connectivity index (χ0v) is 29.9. The van der Waals surface area contributed by atoms with Gasteiger partial charge in [-0.25, -0.2) is 18.4 Å². The number of oxazole rings is 2. The Kier molecular flexibility index (Phi) is 6.23. The molecule has 0 fully saturated rings. The number of fused-ring (bicyclic) bond motifs is 7. The fourth-order valence-electron chi connectivity index (χ4n) is 8.50. The quantitative estimate of drug-likeness (QED) is 0.153. The molecule has 12 nitrogen and oxygen atoms in total. The molecule has 8 heterocycles. The van der Waals surface area contributed by atoms with Crippen LogP contribution in [0.2, 0.25) is 0 Å². The van der Waals surface area contributed by atoms with Crippen LogP contribution in [0.25, 0.3) is 44.9 Å². The van der Waals surface area contributed by atoms with Crippen LogP contribution in [0.4, 0.5) is 5.69 Å². The number of carbonyl (C=O) groups is 1. The first-order chi connectivity index (χ1) is 25.7. The van der Waals surface area contributed by atoms with E-state index in [2.05, 4.69) is 38.5 Å². The number of H-pyrrole nitrogens is 1. The van der Waals surface area contributed by atoms with Crippen LogP contribution in [0.1, 0.15) is 48.2 Å². The van der Waals surface area contributed by atoms with E-state index in [4.69, 9.17) is 23.5 Å². The lowest BCUT2D eigenvalue weighted by atomic mass is 9.72. The van der Waals surface area contributed by atoms with Gasteiger partial charge in [0.15, 0.2) is 23.4 Å². The van der Waals surface area contributed by atoms with Gasteiger partial charge in [0.2, 0.25) is 17.7 Å². The molecule has 7 aromatic rings. The Labute approximate surface area is 306 Å². The Balaban J connectivity index is 1.21. The van der Waals surface area contributed by atoms with Crippen LogP contribution in [0.15, 0.2) is 97.5 Å². The van der Waals surface area contributed by atoms with Crippen molar-refractivity contribution in [3.05, 3.63) is 113 Å². The van der Waals surface area contributed by atoms with Crippen molar-refractivity contribution in [3.8, 4) is 39.8 Å². The Morgan fingerprint density at radius 1 is 0.981 bits per heavy atom. The third-order valence-electron chi connectivity index (χ3n) is 10.9. The van der Waals surface area contributed by atoms with Gasteiger partial charge in [0, 0.05) is 45.0 Å². The molecule has 14 heteroatoms. The highest BCUT2D eigenvalue weighted by molar-refractivity contribution is 7.91. The van der Waals surface area contributed by atoms with Gasteiger partial charge >= 0.3 is 0 Å². The number of nitrogens with zero attached hydrogens (tertiary/aromatic N) is 2. The van der Waals surface area contributed by atoms with Crippen molar-refractivity contribution < 1.29 is 26.8 Å². The molecule has 10 bridgehead atoms. The first-order valence-electron chi connectivity index (χ1n) is 17.4. The summed E-state index contributed by atoms with van der Waals surface area (Å²) in [5, 5.41) is 9.53. The van der Waals surface area contributed by atoms with E-state index in [1.165, 1.54) is 6.07 Å². The lowest BCUT2D eigenvalue weighted by molar-refractivity contribution is -0.124. The first-order valence-corrected chi connectivity index (χ1v) is 19.7. The summed E-state index contributed by atoms with van der Waals surface area (Å²) in [4.78, 5) is 27.5. The number of aromatic nitrogens is 3. The van der Waals surface area contributed by atoms with E-state index >= 15 is 0 Å². The average molecular weight is 743 g/mol.